The summed E-state index contributed by atoms with van der Waals surface area (Å²) in [6.45, 7) is 1.36. The van der Waals surface area contributed by atoms with Gasteiger partial charge in [0, 0.05) is 12.3 Å². The van der Waals surface area contributed by atoms with Crippen LogP contribution in [0.25, 0.3) is 5.69 Å². The summed E-state index contributed by atoms with van der Waals surface area (Å²) in [4.78, 5) is 10.2. The minimum atomic E-state index is -0.531. The Hall–Kier alpha value is -1.92. The average molecular weight is 268 g/mol. The number of nitrogens with zero attached hydrogens (tertiary/aromatic N) is 3. The molecule has 0 saturated heterocycles. The molecule has 0 atom stereocenters. The fourth-order valence-electron chi connectivity index (χ4n) is 1.59. The molecule has 0 radical (unpaired) electrons. The molecule has 1 aromatic heterocycles. The minimum Gasteiger partial charge on any atom is -0.391 e. The molecule has 94 valence electrons. The van der Waals surface area contributed by atoms with E-state index >= 15 is 0 Å². The molecule has 0 aliphatic carbocycles. The second-order valence-corrected chi connectivity index (χ2v) is 4.14. The Bertz CT molecular complexity index is 590. The highest BCUT2D eigenvalue weighted by Crippen LogP contribution is 2.23. The molecule has 0 aliphatic rings. The van der Waals surface area contributed by atoms with Gasteiger partial charge in [-0.3, -0.25) is 10.1 Å². The van der Waals surface area contributed by atoms with Crippen molar-refractivity contribution in [3.8, 4) is 5.69 Å². The molecule has 0 bridgehead atoms. The maximum Gasteiger partial charge on any atom is 0.275 e. The van der Waals surface area contributed by atoms with Gasteiger partial charge in [0.05, 0.1) is 33.5 Å². The van der Waals surface area contributed by atoms with Crippen LogP contribution in [0.2, 0.25) is 5.02 Å². The predicted molar refractivity (Wildman–Crippen MR) is 65.9 cm³/mol. The van der Waals surface area contributed by atoms with E-state index < -0.39 is 11.5 Å². The van der Waals surface area contributed by atoms with E-state index in [9.17, 15) is 10.1 Å². The fourth-order valence-corrected chi connectivity index (χ4v) is 1.72. The Morgan fingerprint density at radius 1 is 1.56 bits per heavy atom. The Labute approximate surface area is 108 Å². The molecule has 1 N–H and O–H groups in total. The van der Waals surface area contributed by atoms with Crippen LogP contribution in [0.1, 0.15) is 11.3 Å². The Morgan fingerprint density at radius 2 is 2.28 bits per heavy atom. The van der Waals surface area contributed by atoms with Gasteiger partial charge in [-0.05, 0) is 19.1 Å². The van der Waals surface area contributed by atoms with Crippen molar-refractivity contribution in [3.05, 3.63) is 50.8 Å². The summed E-state index contributed by atoms with van der Waals surface area (Å²) in [5, 5.41) is 24.6. The molecule has 6 nitrogen and oxygen atoms in total. The van der Waals surface area contributed by atoms with E-state index in [1.54, 1.807) is 19.2 Å². The molecule has 0 amide bonds. The first-order chi connectivity index (χ1) is 8.52. The van der Waals surface area contributed by atoms with Crippen LogP contribution >= 0.6 is 11.6 Å². The van der Waals surface area contributed by atoms with Gasteiger partial charge < -0.3 is 5.11 Å². The molecule has 2 aromatic rings. The van der Waals surface area contributed by atoms with Crippen LogP contribution in [0.15, 0.2) is 24.4 Å². The maximum atomic E-state index is 10.7. The van der Waals surface area contributed by atoms with Gasteiger partial charge in [0.15, 0.2) is 0 Å². The van der Waals surface area contributed by atoms with Gasteiger partial charge in [-0.1, -0.05) is 11.6 Å². The van der Waals surface area contributed by atoms with E-state index in [0.717, 1.165) is 0 Å². The second kappa shape index (κ2) is 4.75. The van der Waals surface area contributed by atoms with Crippen LogP contribution in [0, 0.1) is 17.0 Å². The zero-order chi connectivity index (χ0) is 13.3. The van der Waals surface area contributed by atoms with Crippen molar-refractivity contribution in [1.82, 2.24) is 9.78 Å². The zero-order valence-corrected chi connectivity index (χ0v) is 10.3. The third-order valence-electron chi connectivity index (χ3n) is 2.53. The van der Waals surface area contributed by atoms with Gasteiger partial charge in [-0.2, -0.15) is 5.10 Å². The lowest BCUT2D eigenvalue weighted by Gasteiger charge is -2.04. The molecule has 1 heterocycles. The van der Waals surface area contributed by atoms with Crippen molar-refractivity contribution < 1.29 is 10.0 Å². The average Bonchev–Trinajstić information content (AvgIpc) is 2.68. The van der Waals surface area contributed by atoms with Crippen LogP contribution in [0.4, 0.5) is 5.69 Å². The molecule has 2 rings (SSSR count). The minimum absolute atomic E-state index is 0.115. The lowest BCUT2D eigenvalue weighted by molar-refractivity contribution is -0.385. The summed E-state index contributed by atoms with van der Waals surface area (Å²) >= 11 is 5.89. The Kier molecular flexibility index (Phi) is 3.31. The van der Waals surface area contributed by atoms with Gasteiger partial charge in [0.2, 0.25) is 0 Å². The van der Waals surface area contributed by atoms with Crippen LogP contribution < -0.4 is 0 Å². The summed E-state index contributed by atoms with van der Waals surface area (Å²) in [5.74, 6) is 0. The number of halogens is 1. The van der Waals surface area contributed by atoms with Crippen molar-refractivity contribution in [2.24, 2.45) is 0 Å². The van der Waals surface area contributed by atoms with Crippen LogP contribution in [-0.2, 0) is 6.61 Å². The van der Waals surface area contributed by atoms with Gasteiger partial charge >= 0.3 is 0 Å². The molecule has 1 aromatic carbocycles. The summed E-state index contributed by atoms with van der Waals surface area (Å²) in [5.41, 5.74) is 1.40. The summed E-state index contributed by atoms with van der Waals surface area (Å²) in [6.07, 6.45) is 1.61. The fraction of sp³-hybridized carbons (Fsp3) is 0.182. The topological polar surface area (TPSA) is 81.2 Å². The molecular weight excluding hydrogens is 258 g/mol. The van der Waals surface area contributed by atoms with Crippen molar-refractivity contribution in [3.63, 3.8) is 0 Å². The van der Waals surface area contributed by atoms with Crippen molar-refractivity contribution in [1.29, 1.82) is 0 Å². The third-order valence-corrected chi connectivity index (χ3v) is 2.90. The number of nitro benzene ring substituents is 1. The van der Waals surface area contributed by atoms with Crippen LogP contribution in [0.3, 0.4) is 0 Å². The molecule has 0 aliphatic heterocycles. The first-order valence-corrected chi connectivity index (χ1v) is 5.51. The van der Waals surface area contributed by atoms with E-state index in [0.29, 0.717) is 16.4 Å². The Morgan fingerprint density at radius 3 is 2.78 bits per heavy atom. The number of aliphatic hydroxyl groups excluding tert-OH is 1. The van der Waals surface area contributed by atoms with Crippen LogP contribution in [-0.4, -0.2) is 19.8 Å². The molecule has 0 unspecified atom stereocenters. The normalized spacial score (nSPS) is 10.6. The maximum absolute atomic E-state index is 10.7. The number of aromatic nitrogens is 2. The molecular formula is C11H10ClN3O3. The monoisotopic (exact) mass is 267 g/mol. The third kappa shape index (κ3) is 2.20. The van der Waals surface area contributed by atoms with Gasteiger partial charge in [-0.25, -0.2) is 4.68 Å². The lowest BCUT2D eigenvalue weighted by Crippen LogP contribution is -2.00. The van der Waals surface area contributed by atoms with E-state index in [1.807, 2.05) is 0 Å². The number of aliphatic hydroxyl groups is 1. The van der Waals surface area contributed by atoms with E-state index in [1.165, 1.54) is 16.8 Å². The van der Waals surface area contributed by atoms with E-state index in [4.69, 9.17) is 16.7 Å². The van der Waals surface area contributed by atoms with Crippen molar-refractivity contribution >= 4 is 17.3 Å². The Balaban J connectivity index is 2.50. The molecule has 0 fully saturated rings. The van der Waals surface area contributed by atoms with Gasteiger partial charge in [0.25, 0.3) is 5.69 Å². The first-order valence-electron chi connectivity index (χ1n) is 5.13. The first kappa shape index (κ1) is 12.5. The standard InChI is InChI=1S/C11H10ClN3O3/c1-7-10(12)5-14(13-7)9-2-3-11(15(17)18)8(4-9)6-16/h2-5,16H,6H2,1H3. The number of hydrogen-bond donors (Lipinski definition) is 1. The SMILES string of the molecule is Cc1nn(-c2ccc([N+](=O)[O-])c(CO)c2)cc1Cl. The summed E-state index contributed by atoms with van der Waals surface area (Å²) < 4.78 is 1.51. The summed E-state index contributed by atoms with van der Waals surface area (Å²) in [6, 6.07) is 4.41. The second-order valence-electron chi connectivity index (χ2n) is 3.74. The number of aryl methyl sites for hydroxylation is 1. The van der Waals surface area contributed by atoms with Crippen molar-refractivity contribution in [2.45, 2.75) is 13.5 Å². The predicted octanol–water partition coefficient (Wildman–Crippen LogP) is 2.23. The molecule has 0 spiro atoms. The highest BCUT2D eigenvalue weighted by molar-refractivity contribution is 6.31. The van der Waals surface area contributed by atoms with Gasteiger partial charge in [-0.15, -0.1) is 0 Å². The van der Waals surface area contributed by atoms with Gasteiger partial charge in [0.1, 0.15) is 0 Å². The summed E-state index contributed by atoms with van der Waals surface area (Å²) in [7, 11) is 0. The number of hydrogen-bond acceptors (Lipinski definition) is 4. The van der Waals surface area contributed by atoms with E-state index in [2.05, 4.69) is 5.10 Å². The van der Waals surface area contributed by atoms with Crippen LogP contribution in [0.5, 0.6) is 0 Å². The highest BCUT2D eigenvalue weighted by atomic mass is 35.5. The quantitative estimate of drug-likeness (QED) is 0.683. The number of benzene rings is 1. The lowest BCUT2D eigenvalue weighted by atomic mass is 10.1. The highest BCUT2D eigenvalue weighted by Gasteiger charge is 2.14. The zero-order valence-electron chi connectivity index (χ0n) is 9.50. The number of nitro groups is 1. The smallest absolute Gasteiger partial charge is 0.275 e. The molecule has 7 heteroatoms. The molecule has 18 heavy (non-hydrogen) atoms. The van der Waals surface area contributed by atoms with E-state index in [-0.39, 0.29) is 11.3 Å². The largest absolute Gasteiger partial charge is 0.391 e. The number of rotatable bonds is 3. The van der Waals surface area contributed by atoms with Crippen molar-refractivity contribution in [2.75, 3.05) is 0 Å². The molecule has 0 saturated carbocycles.